The van der Waals surface area contributed by atoms with Gasteiger partial charge >= 0.3 is 11.6 Å². The first kappa shape index (κ1) is 16.3. The summed E-state index contributed by atoms with van der Waals surface area (Å²) in [6.07, 6.45) is 3.17. The Morgan fingerprint density at radius 2 is 2.08 bits per heavy atom. The van der Waals surface area contributed by atoms with Crippen LogP contribution in [0.25, 0.3) is 11.0 Å². The van der Waals surface area contributed by atoms with Crippen LogP contribution in [0.5, 0.6) is 0 Å². The van der Waals surface area contributed by atoms with Gasteiger partial charge in [0.2, 0.25) is 0 Å². The Morgan fingerprint density at radius 1 is 1.32 bits per heavy atom. The molecule has 2 aromatic heterocycles. The maximum absolute atomic E-state index is 12.6. The molecule has 0 radical (unpaired) electrons. The maximum Gasteiger partial charge on any atom is 0.348 e. The number of rotatable bonds is 4. The summed E-state index contributed by atoms with van der Waals surface area (Å²) < 4.78 is 1.08. The van der Waals surface area contributed by atoms with Gasteiger partial charge in [0.15, 0.2) is 0 Å². The molecule has 0 saturated heterocycles. The Morgan fingerprint density at radius 3 is 2.80 bits per heavy atom. The van der Waals surface area contributed by atoms with Gasteiger partial charge < -0.3 is 9.94 Å². The van der Waals surface area contributed by atoms with Gasteiger partial charge in [-0.3, -0.25) is 9.78 Å². The first-order valence-corrected chi connectivity index (χ1v) is 7.64. The number of fused-ring (bicyclic) bond motifs is 1. The number of hydrogen-bond acceptors (Lipinski definition) is 5. The van der Waals surface area contributed by atoms with Crippen LogP contribution >= 0.6 is 0 Å². The third kappa shape index (κ3) is 3.09. The molecule has 8 heteroatoms. The minimum atomic E-state index is -0.755. The molecule has 0 atom stereocenters. The van der Waals surface area contributed by atoms with Gasteiger partial charge in [0.05, 0.1) is 22.0 Å². The molecule has 25 heavy (non-hydrogen) atoms. The number of amides is 1. The van der Waals surface area contributed by atoms with Crippen molar-refractivity contribution in [3.8, 4) is 0 Å². The van der Waals surface area contributed by atoms with Gasteiger partial charge in [0, 0.05) is 17.2 Å². The van der Waals surface area contributed by atoms with Crippen molar-refractivity contribution >= 4 is 23.2 Å². The summed E-state index contributed by atoms with van der Waals surface area (Å²) in [6, 6.07) is 11.6. The smallest absolute Gasteiger partial charge is 0.348 e. The molecule has 3 rings (SSSR count). The van der Waals surface area contributed by atoms with Crippen molar-refractivity contribution in [3.63, 3.8) is 0 Å². The zero-order chi connectivity index (χ0) is 17.8. The van der Waals surface area contributed by atoms with Crippen molar-refractivity contribution in [1.82, 2.24) is 15.1 Å². The van der Waals surface area contributed by atoms with Gasteiger partial charge in [-0.1, -0.05) is 25.1 Å². The SMILES string of the molecule is CCc1c(C(=O)NN=Cc2ccccn2)[n+](=O)c2ccccc2n1[O-]. The van der Waals surface area contributed by atoms with E-state index in [1.54, 1.807) is 43.5 Å². The number of benzene rings is 1. The molecular weight excluding hydrogens is 322 g/mol. The van der Waals surface area contributed by atoms with Gasteiger partial charge in [0.1, 0.15) is 5.52 Å². The molecule has 1 amide bonds. The van der Waals surface area contributed by atoms with Crippen molar-refractivity contribution in [2.75, 3.05) is 0 Å². The van der Waals surface area contributed by atoms with Crippen LogP contribution in [-0.2, 0) is 6.42 Å². The molecule has 0 spiro atoms. The average molecular weight is 337 g/mol. The van der Waals surface area contributed by atoms with E-state index in [-0.39, 0.29) is 28.8 Å². The second-order valence-electron chi connectivity index (χ2n) is 5.18. The van der Waals surface area contributed by atoms with Crippen molar-refractivity contribution in [3.05, 3.63) is 75.9 Å². The molecule has 1 aromatic carbocycles. The lowest BCUT2D eigenvalue weighted by Crippen LogP contribution is -2.35. The Hall–Kier alpha value is -3.55. The Labute approximate surface area is 142 Å². The minimum absolute atomic E-state index is 0.0826. The van der Waals surface area contributed by atoms with Crippen LogP contribution in [-0.4, -0.2) is 21.8 Å². The van der Waals surface area contributed by atoms with E-state index < -0.39 is 5.91 Å². The highest BCUT2D eigenvalue weighted by Crippen LogP contribution is 2.14. The lowest BCUT2D eigenvalue weighted by molar-refractivity contribution is -0.468. The largest absolute Gasteiger partial charge is 0.805 e. The normalized spacial score (nSPS) is 11.1. The molecular formula is C17H15N5O3. The molecule has 0 saturated carbocycles. The quantitative estimate of drug-likeness (QED) is 0.443. The van der Waals surface area contributed by atoms with Gasteiger partial charge in [-0.25, -0.2) is 5.43 Å². The first-order valence-electron chi connectivity index (χ1n) is 7.64. The lowest BCUT2D eigenvalue weighted by Gasteiger charge is -2.17. The van der Waals surface area contributed by atoms with Crippen molar-refractivity contribution < 1.29 is 9.22 Å². The fourth-order valence-electron chi connectivity index (χ4n) is 2.48. The fraction of sp³-hybridized carbons (Fsp3) is 0.118. The highest BCUT2D eigenvalue weighted by Gasteiger charge is 2.27. The number of hydrazone groups is 1. The summed E-state index contributed by atoms with van der Waals surface area (Å²) >= 11 is 0. The second kappa shape index (κ2) is 6.91. The summed E-state index contributed by atoms with van der Waals surface area (Å²) in [7, 11) is 0. The summed E-state index contributed by atoms with van der Waals surface area (Å²) in [4.78, 5) is 29.0. The lowest BCUT2D eigenvalue weighted by atomic mass is 10.2. The Balaban J connectivity index is 2.00. The molecule has 2 heterocycles. The van der Waals surface area contributed by atoms with E-state index in [4.69, 9.17) is 0 Å². The first-order chi connectivity index (χ1) is 12.1. The van der Waals surface area contributed by atoms with Crippen molar-refractivity contribution in [2.24, 2.45) is 5.10 Å². The van der Waals surface area contributed by atoms with Gasteiger partial charge in [-0.2, -0.15) is 5.10 Å². The summed E-state index contributed by atoms with van der Waals surface area (Å²) in [6.45, 7) is 1.70. The highest BCUT2D eigenvalue weighted by molar-refractivity contribution is 5.93. The zero-order valence-corrected chi connectivity index (χ0v) is 13.4. The van der Waals surface area contributed by atoms with E-state index >= 15 is 0 Å². The Bertz CT molecular complexity index is 1010. The van der Waals surface area contributed by atoms with E-state index in [2.05, 4.69) is 15.5 Å². The Kier molecular flexibility index (Phi) is 4.51. The topological polar surface area (TPSA) is 105 Å². The van der Waals surface area contributed by atoms with Crippen LogP contribution in [0.1, 0.15) is 28.8 Å². The van der Waals surface area contributed by atoms with Crippen LogP contribution in [0.4, 0.5) is 0 Å². The molecule has 0 aliphatic rings. The molecule has 0 unspecified atom stereocenters. The molecule has 0 aliphatic carbocycles. The monoisotopic (exact) mass is 337 g/mol. The van der Waals surface area contributed by atoms with Crippen LogP contribution in [0.15, 0.2) is 53.8 Å². The van der Waals surface area contributed by atoms with Crippen molar-refractivity contribution in [2.45, 2.75) is 13.3 Å². The number of aromatic nitrogens is 3. The maximum atomic E-state index is 12.6. The second-order valence-corrected chi connectivity index (χ2v) is 5.18. The number of nitrogens with zero attached hydrogens (tertiary/aromatic N) is 4. The molecule has 1 N–H and O–H groups in total. The molecule has 0 aliphatic heterocycles. The summed E-state index contributed by atoms with van der Waals surface area (Å²) in [5.41, 5.74) is 2.96. The molecule has 126 valence electrons. The van der Waals surface area contributed by atoms with Crippen LogP contribution in [0.2, 0.25) is 0 Å². The van der Waals surface area contributed by atoms with Gasteiger partial charge in [0.25, 0.3) is 5.52 Å². The van der Waals surface area contributed by atoms with Crippen molar-refractivity contribution in [1.29, 1.82) is 0 Å². The fourth-order valence-corrected chi connectivity index (χ4v) is 2.48. The predicted molar refractivity (Wildman–Crippen MR) is 92.7 cm³/mol. The number of nitrogens with one attached hydrogen (secondary N) is 1. The van der Waals surface area contributed by atoms with Gasteiger partial charge in [-0.15, -0.1) is 0 Å². The third-order valence-electron chi connectivity index (χ3n) is 3.64. The molecule has 0 fully saturated rings. The zero-order valence-electron chi connectivity index (χ0n) is 13.4. The number of pyridine rings is 1. The standard InChI is InChI=1S/C17H15N5O3/c1-2-13-16(17(23)20-19-11-12-7-5-6-10-18-12)22(25)15-9-4-3-8-14(15)21(13)24/h3-11H,2H2,1H3,(H,20,23). The molecule has 0 bridgehead atoms. The van der Waals surface area contributed by atoms with Crippen LogP contribution in [0, 0.1) is 10.1 Å². The minimum Gasteiger partial charge on any atom is -0.805 e. The van der Waals surface area contributed by atoms with Gasteiger partial charge in [-0.05, 0) is 24.6 Å². The summed E-state index contributed by atoms with van der Waals surface area (Å²) in [5, 5.41) is 16.3. The van der Waals surface area contributed by atoms with E-state index in [0.717, 1.165) is 0 Å². The van der Waals surface area contributed by atoms with Crippen LogP contribution < -0.4 is 9.85 Å². The highest BCUT2D eigenvalue weighted by atomic mass is 16.5. The number of carbonyl (C=O) groups excluding carboxylic acids is 1. The molecule has 3 aromatic rings. The third-order valence-corrected chi connectivity index (χ3v) is 3.64. The number of hydrogen-bond donors (Lipinski definition) is 1. The van der Waals surface area contributed by atoms with E-state index in [1.165, 1.54) is 18.3 Å². The van der Waals surface area contributed by atoms with E-state index in [1.807, 2.05) is 0 Å². The number of carbonyl (C=O) groups is 1. The summed E-state index contributed by atoms with van der Waals surface area (Å²) in [5.74, 6) is -0.755. The van der Waals surface area contributed by atoms with Crippen LogP contribution in [0.3, 0.4) is 0 Å². The van der Waals surface area contributed by atoms with E-state index in [9.17, 15) is 14.9 Å². The van der Waals surface area contributed by atoms with E-state index in [0.29, 0.717) is 14.9 Å². The molecule has 8 nitrogen and oxygen atoms in total. The number of para-hydroxylation sites is 2. The predicted octanol–water partition coefficient (Wildman–Crippen LogP) is 1.62. The average Bonchev–Trinajstić information content (AvgIpc) is 2.65.